The van der Waals surface area contributed by atoms with Gasteiger partial charge in [-0.25, -0.2) is 4.79 Å². The Hall–Kier alpha value is -2.70. The van der Waals surface area contributed by atoms with Crippen LogP contribution in [0.1, 0.15) is 23.2 Å². The van der Waals surface area contributed by atoms with E-state index in [1.165, 1.54) is 4.90 Å². The van der Waals surface area contributed by atoms with Crippen LogP contribution in [0, 0.1) is 0 Å². The second-order valence-electron chi connectivity index (χ2n) is 4.91. The second kappa shape index (κ2) is 5.35. The quantitative estimate of drug-likeness (QED) is 0.907. The van der Waals surface area contributed by atoms with E-state index < -0.39 is 12.0 Å². The number of nitrogens with zero attached hydrogens (tertiary/aromatic N) is 4. The molecule has 1 unspecified atom stereocenters. The van der Waals surface area contributed by atoms with Crippen LogP contribution in [0.4, 0.5) is 0 Å². The fourth-order valence-electron chi connectivity index (χ4n) is 2.54. The van der Waals surface area contributed by atoms with Gasteiger partial charge in [0.1, 0.15) is 18.7 Å². The summed E-state index contributed by atoms with van der Waals surface area (Å²) in [6, 6.07) is 6.23. The molecule has 1 aliphatic rings. The number of carbonyl (C=O) groups excluding carboxylic acids is 1. The molecule has 1 aromatic carbocycles. The molecule has 0 spiro atoms. The Labute approximate surface area is 120 Å². The number of hydrogen-bond acceptors (Lipinski definition) is 4. The fourth-order valence-corrected chi connectivity index (χ4v) is 2.54. The molecular formula is C14H14N4O3. The maximum absolute atomic E-state index is 12.4. The van der Waals surface area contributed by atoms with Gasteiger partial charge in [0.2, 0.25) is 0 Å². The van der Waals surface area contributed by atoms with Crippen LogP contribution in [0.2, 0.25) is 0 Å². The number of aliphatic carboxylic acids is 1. The summed E-state index contributed by atoms with van der Waals surface area (Å²) in [4.78, 5) is 25.0. The van der Waals surface area contributed by atoms with Gasteiger partial charge in [-0.15, -0.1) is 10.2 Å². The maximum atomic E-state index is 12.4. The molecule has 0 saturated carbocycles. The zero-order chi connectivity index (χ0) is 14.8. The first kappa shape index (κ1) is 13.3. The van der Waals surface area contributed by atoms with Crippen LogP contribution in [-0.4, -0.2) is 49.2 Å². The Bertz CT molecular complexity index is 651. The highest BCUT2D eigenvalue weighted by molar-refractivity contribution is 5.97. The lowest BCUT2D eigenvalue weighted by atomic mass is 10.1. The van der Waals surface area contributed by atoms with E-state index >= 15 is 0 Å². The minimum absolute atomic E-state index is 0.241. The van der Waals surface area contributed by atoms with Crippen LogP contribution < -0.4 is 0 Å². The number of aromatic nitrogens is 3. The minimum Gasteiger partial charge on any atom is -0.480 e. The summed E-state index contributed by atoms with van der Waals surface area (Å²) in [7, 11) is 0. The van der Waals surface area contributed by atoms with Gasteiger partial charge in [-0.3, -0.25) is 9.36 Å². The number of rotatable bonds is 3. The molecule has 0 radical (unpaired) electrons. The SMILES string of the molecule is O=C(O)C1CCCN1C(=O)c1ccc(-n2cnnc2)cc1. The number of amides is 1. The largest absolute Gasteiger partial charge is 0.480 e. The van der Waals surface area contributed by atoms with Crippen molar-refractivity contribution in [3.63, 3.8) is 0 Å². The summed E-state index contributed by atoms with van der Waals surface area (Å²) in [5.41, 5.74) is 1.33. The van der Waals surface area contributed by atoms with E-state index in [0.29, 0.717) is 18.5 Å². The van der Waals surface area contributed by atoms with E-state index in [4.69, 9.17) is 5.11 Å². The summed E-state index contributed by atoms with van der Waals surface area (Å²) in [5.74, 6) is -1.18. The van der Waals surface area contributed by atoms with E-state index in [1.54, 1.807) is 41.5 Å². The van der Waals surface area contributed by atoms with Crippen molar-refractivity contribution in [1.29, 1.82) is 0 Å². The predicted molar refractivity (Wildman–Crippen MR) is 73.1 cm³/mol. The molecule has 7 nitrogen and oxygen atoms in total. The molecule has 2 aromatic rings. The van der Waals surface area contributed by atoms with E-state index in [-0.39, 0.29) is 5.91 Å². The molecule has 7 heteroatoms. The molecule has 1 N–H and O–H groups in total. The lowest BCUT2D eigenvalue weighted by molar-refractivity contribution is -0.141. The second-order valence-corrected chi connectivity index (χ2v) is 4.91. The molecule has 108 valence electrons. The highest BCUT2D eigenvalue weighted by Gasteiger charge is 2.34. The number of carbonyl (C=O) groups is 2. The minimum atomic E-state index is -0.943. The molecule has 1 saturated heterocycles. The number of likely N-dealkylation sites (tertiary alicyclic amines) is 1. The Morgan fingerprint density at radius 3 is 2.43 bits per heavy atom. The van der Waals surface area contributed by atoms with E-state index in [2.05, 4.69) is 10.2 Å². The summed E-state index contributed by atoms with van der Waals surface area (Å²) >= 11 is 0. The topological polar surface area (TPSA) is 88.3 Å². The number of carboxylic acid groups (broad SMARTS) is 1. The van der Waals surface area contributed by atoms with Crippen molar-refractivity contribution in [2.75, 3.05) is 6.54 Å². The molecule has 0 bridgehead atoms. The van der Waals surface area contributed by atoms with Gasteiger partial charge in [-0.1, -0.05) is 0 Å². The monoisotopic (exact) mass is 286 g/mol. The third kappa shape index (κ3) is 2.49. The summed E-state index contributed by atoms with van der Waals surface area (Å²) in [6.07, 6.45) is 4.37. The van der Waals surface area contributed by atoms with E-state index in [0.717, 1.165) is 12.1 Å². The summed E-state index contributed by atoms with van der Waals surface area (Å²) < 4.78 is 1.73. The van der Waals surface area contributed by atoms with Crippen molar-refractivity contribution >= 4 is 11.9 Å². The zero-order valence-corrected chi connectivity index (χ0v) is 11.2. The predicted octanol–water partition coefficient (Wildman–Crippen LogP) is 0.956. The molecule has 1 aliphatic heterocycles. The smallest absolute Gasteiger partial charge is 0.326 e. The average molecular weight is 286 g/mol. The van der Waals surface area contributed by atoms with Gasteiger partial charge < -0.3 is 10.0 Å². The normalized spacial score (nSPS) is 17.9. The first-order valence-corrected chi connectivity index (χ1v) is 6.65. The molecule has 3 rings (SSSR count). The number of benzene rings is 1. The van der Waals surface area contributed by atoms with Crippen molar-refractivity contribution in [2.45, 2.75) is 18.9 Å². The molecule has 0 aliphatic carbocycles. The van der Waals surface area contributed by atoms with Gasteiger partial charge in [-0.2, -0.15) is 0 Å². The number of carboxylic acids is 1. The molecule has 2 heterocycles. The maximum Gasteiger partial charge on any atom is 0.326 e. The van der Waals surface area contributed by atoms with Gasteiger partial charge >= 0.3 is 5.97 Å². The highest BCUT2D eigenvalue weighted by atomic mass is 16.4. The van der Waals surface area contributed by atoms with Gasteiger partial charge in [0.15, 0.2) is 0 Å². The molecule has 1 atom stereocenters. The van der Waals surface area contributed by atoms with Crippen LogP contribution in [0.3, 0.4) is 0 Å². The van der Waals surface area contributed by atoms with Crippen LogP contribution in [0.5, 0.6) is 0 Å². The first-order valence-electron chi connectivity index (χ1n) is 6.65. The van der Waals surface area contributed by atoms with Crippen LogP contribution in [-0.2, 0) is 4.79 Å². The van der Waals surface area contributed by atoms with Crippen molar-refractivity contribution in [3.05, 3.63) is 42.5 Å². The van der Waals surface area contributed by atoms with Gasteiger partial charge in [0.25, 0.3) is 5.91 Å². The first-order chi connectivity index (χ1) is 10.2. The molecular weight excluding hydrogens is 272 g/mol. The highest BCUT2D eigenvalue weighted by Crippen LogP contribution is 2.21. The molecule has 1 aromatic heterocycles. The van der Waals surface area contributed by atoms with Crippen LogP contribution in [0.25, 0.3) is 5.69 Å². The Morgan fingerprint density at radius 1 is 1.14 bits per heavy atom. The Kier molecular flexibility index (Phi) is 3.39. The van der Waals surface area contributed by atoms with Crippen LogP contribution >= 0.6 is 0 Å². The Balaban J connectivity index is 1.80. The summed E-state index contributed by atoms with van der Waals surface area (Å²) in [6.45, 7) is 0.489. The van der Waals surface area contributed by atoms with Gasteiger partial charge in [0.05, 0.1) is 0 Å². The van der Waals surface area contributed by atoms with E-state index in [1.807, 2.05) is 0 Å². The van der Waals surface area contributed by atoms with Gasteiger partial charge in [-0.05, 0) is 37.1 Å². The van der Waals surface area contributed by atoms with Crippen LogP contribution in [0.15, 0.2) is 36.9 Å². The van der Waals surface area contributed by atoms with Crippen molar-refractivity contribution in [1.82, 2.24) is 19.7 Å². The lowest BCUT2D eigenvalue weighted by Gasteiger charge is -2.21. The average Bonchev–Trinajstić information content (AvgIpc) is 3.18. The van der Waals surface area contributed by atoms with Crippen molar-refractivity contribution < 1.29 is 14.7 Å². The third-order valence-corrected chi connectivity index (χ3v) is 3.63. The molecule has 1 amide bonds. The Morgan fingerprint density at radius 2 is 1.81 bits per heavy atom. The number of hydrogen-bond donors (Lipinski definition) is 1. The van der Waals surface area contributed by atoms with E-state index in [9.17, 15) is 9.59 Å². The standard InChI is InChI=1S/C14H14N4O3/c19-13(18-7-1-2-12(18)14(20)21)10-3-5-11(6-4-10)17-8-15-16-9-17/h3-6,8-9,12H,1-2,7H2,(H,20,21). The lowest BCUT2D eigenvalue weighted by Crippen LogP contribution is -2.40. The van der Waals surface area contributed by atoms with Crippen molar-refractivity contribution in [2.24, 2.45) is 0 Å². The van der Waals surface area contributed by atoms with Gasteiger partial charge in [0, 0.05) is 17.8 Å². The van der Waals surface area contributed by atoms with Crippen molar-refractivity contribution in [3.8, 4) is 5.69 Å². The molecule has 21 heavy (non-hydrogen) atoms. The third-order valence-electron chi connectivity index (χ3n) is 3.63. The molecule has 1 fully saturated rings. The summed E-state index contributed by atoms with van der Waals surface area (Å²) in [5, 5.41) is 16.6. The fraction of sp³-hybridized carbons (Fsp3) is 0.286. The zero-order valence-electron chi connectivity index (χ0n) is 11.2.